The van der Waals surface area contributed by atoms with Gasteiger partial charge in [0, 0.05) is 6.42 Å². The summed E-state index contributed by atoms with van der Waals surface area (Å²) >= 11 is 0. The van der Waals surface area contributed by atoms with Crippen LogP contribution in [0.5, 0.6) is 0 Å². The van der Waals surface area contributed by atoms with Crippen LogP contribution >= 0.6 is 0 Å². The van der Waals surface area contributed by atoms with Gasteiger partial charge in [0.15, 0.2) is 0 Å². The number of nitrogens with zero attached hydrogens (tertiary/aromatic N) is 1. The molecule has 1 fully saturated rings. The van der Waals surface area contributed by atoms with Crippen LogP contribution in [0.15, 0.2) is 0 Å². The highest BCUT2D eigenvalue weighted by molar-refractivity contribution is 4.80. The SMILES string of the molecule is CCCCCC1CCC(CC#N)CC1. The monoisotopic (exact) mass is 193 g/mol. The second-order valence-corrected chi connectivity index (χ2v) is 4.74. The Hall–Kier alpha value is -0.510. The zero-order valence-corrected chi connectivity index (χ0v) is 9.47. The zero-order chi connectivity index (χ0) is 10.2. The fourth-order valence-corrected chi connectivity index (χ4v) is 2.54. The molecule has 0 aliphatic heterocycles. The molecule has 0 N–H and O–H groups in total. The molecule has 0 radical (unpaired) electrons. The Morgan fingerprint density at radius 2 is 1.71 bits per heavy atom. The molecule has 1 rings (SSSR count). The van der Waals surface area contributed by atoms with E-state index in [-0.39, 0.29) is 0 Å². The third kappa shape index (κ3) is 4.13. The number of rotatable bonds is 5. The van der Waals surface area contributed by atoms with E-state index in [9.17, 15) is 0 Å². The van der Waals surface area contributed by atoms with Crippen LogP contribution in [0, 0.1) is 23.2 Å². The summed E-state index contributed by atoms with van der Waals surface area (Å²) < 4.78 is 0. The normalized spacial score (nSPS) is 27.1. The van der Waals surface area contributed by atoms with Gasteiger partial charge in [0.25, 0.3) is 0 Å². The van der Waals surface area contributed by atoms with Crippen LogP contribution < -0.4 is 0 Å². The van der Waals surface area contributed by atoms with E-state index in [1.54, 1.807) is 0 Å². The first-order valence-corrected chi connectivity index (χ1v) is 6.23. The van der Waals surface area contributed by atoms with Crippen LogP contribution in [0.1, 0.15) is 64.7 Å². The largest absolute Gasteiger partial charge is 0.198 e. The highest BCUT2D eigenvalue weighted by Gasteiger charge is 2.20. The average molecular weight is 193 g/mol. The third-order valence-corrected chi connectivity index (χ3v) is 3.56. The molecule has 0 aromatic rings. The number of hydrogen-bond donors (Lipinski definition) is 0. The minimum Gasteiger partial charge on any atom is -0.198 e. The van der Waals surface area contributed by atoms with Crippen molar-refractivity contribution in [2.24, 2.45) is 11.8 Å². The maximum atomic E-state index is 8.61. The lowest BCUT2D eigenvalue weighted by Gasteiger charge is -2.27. The first-order chi connectivity index (χ1) is 6.86. The van der Waals surface area contributed by atoms with Gasteiger partial charge in [-0.1, -0.05) is 45.4 Å². The quantitative estimate of drug-likeness (QED) is 0.598. The molecule has 0 aromatic heterocycles. The third-order valence-electron chi connectivity index (χ3n) is 3.56. The maximum Gasteiger partial charge on any atom is 0.0624 e. The predicted octanol–water partition coefficient (Wildman–Crippen LogP) is 4.29. The van der Waals surface area contributed by atoms with E-state index >= 15 is 0 Å². The molecular weight excluding hydrogens is 170 g/mol. The van der Waals surface area contributed by atoms with E-state index in [0.717, 1.165) is 18.3 Å². The predicted molar refractivity (Wildman–Crippen MR) is 59.8 cm³/mol. The maximum absolute atomic E-state index is 8.61. The molecule has 0 aromatic carbocycles. The Morgan fingerprint density at radius 1 is 1.07 bits per heavy atom. The van der Waals surface area contributed by atoms with Gasteiger partial charge in [-0.15, -0.1) is 0 Å². The van der Waals surface area contributed by atoms with Crippen molar-refractivity contribution in [1.82, 2.24) is 0 Å². The van der Waals surface area contributed by atoms with Crippen molar-refractivity contribution < 1.29 is 0 Å². The summed E-state index contributed by atoms with van der Waals surface area (Å²) in [4.78, 5) is 0. The van der Waals surface area contributed by atoms with Gasteiger partial charge in [-0.25, -0.2) is 0 Å². The van der Waals surface area contributed by atoms with Crippen molar-refractivity contribution in [3.63, 3.8) is 0 Å². The lowest BCUT2D eigenvalue weighted by Crippen LogP contribution is -2.14. The Bertz CT molecular complexity index is 172. The van der Waals surface area contributed by atoms with Gasteiger partial charge in [0.1, 0.15) is 0 Å². The summed E-state index contributed by atoms with van der Waals surface area (Å²) in [7, 11) is 0. The van der Waals surface area contributed by atoms with E-state index in [0.29, 0.717) is 0 Å². The minimum atomic E-state index is 0.724. The van der Waals surface area contributed by atoms with E-state index in [4.69, 9.17) is 5.26 Å². The topological polar surface area (TPSA) is 23.8 Å². The van der Waals surface area contributed by atoms with Crippen molar-refractivity contribution in [2.75, 3.05) is 0 Å². The fraction of sp³-hybridized carbons (Fsp3) is 0.923. The molecule has 1 aliphatic rings. The van der Waals surface area contributed by atoms with Gasteiger partial charge in [0.2, 0.25) is 0 Å². The summed E-state index contributed by atoms with van der Waals surface area (Å²) in [5.74, 6) is 1.71. The molecule has 0 atom stereocenters. The molecule has 1 aliphatic carbocycles. The second kappa shape index (κ2) is 6.87. The summed E-state index contributed by atoms with van der Waals surface area (Å²) in [5, 5.41) is 8.61. The van der Waals surface area contributed by atoms with Crippen molar-refractivity contribution in [3.8, 4) is 6.07 Å². The number of unbranched alkanes of at least 4 members (excludes halogenated alkanes) is 2. The van der Waals surface area contributed by atoms with Crippen molar-refractivity contribution in [3.05, 3.63) is 0 Å². The van der Waals surface area contributed by atoms with Crippen LogP contribution in [-0.2, 0) is 0 Å². The summed E-state index contributed by atoms with van der Waals surface area (Å²) in [5.41, 5.74) is 0. The average Bonchev–Trinajstić information content (AvgIpc) is 2.21. The molecule has 1 nitrogen and oxygen atoms in total. The van der Waals surface area contributed by atoms with E-state index in [1.807, 2.05) is 0 Å². The standard InChI is InChI=1S/C13H23N/c1-2-3-4-5-12-6-8-13(9-7-12)10-11-14/h12-13H,2-10H2,1H3. The molecule has 1 heteroatoms. The smallest absolute Gasteiger partial charge is 0.0624 e. The summed E-state index contributed by atoms with van der Waals surface area (Å²) in [6.45, 7) is 2.27. The van der Waals surface area contributed by atoms with Crippen LogP contribution in [0.2, 0.25) is 0 Å². The first-order valence-electron chi connectivity index (χ1n) is 6.23. The zero-order valence-electron chi connectivity index (χ0n) is 9.47. The van der Waals surface area contributed by atoms with Crippen molar-refractivity contribution in [1.29, 1.82) is 5.26 Å². The molecule has 0 amide bonds. The van der Waals surface area contributed by atoms with Gasteiger partial charge in [-0.2, -0.15) is 5.26 Å². The molecule has 0 saturated heterocycles. The Kier molecular flexibility index (Phi) is 5.68. The van der Waals surface area contributed by atoms with Gasteiger partial charge in [-0.3, -0.25) is 0 Å². The Balaban J connectivity index is 2.07. The van der Waals surface area contributed by atoms with E-state index < -0.39 is 0 Å². The van der Waals surface area contributed by atoms with Crippen LogP contribution in [0.4, 0.5) is 0 Å². The van der Waals surface area contributed by atoms with Crippen LogP contribution in [0.25, 0.3) is 0 Å². The summed E-state index contributed by atoms with van der Waals surface area (Å²) in [6.07, 6.45) is 11.8. The highest BCUT2D eigenvalue weighted by atomic mass is 14.3. The molecule has 1 saturated carbocycles. The minimum absolute atomic E-state index is 0.724. The number of hydrogen-bond acceptors (Lipinski definition) is 1. The Labute approximate surface area is 88.5 Å². The molecule has 0 bridgehead atoms. The highest BCUT2D eigenvalue weighted by Crippen LogP contribution is 2.33. The molecule has 80 valence electrons. The van der Waals surface area contributed by atoms with E-state index in [1.165, 1.54) is 51.4 Å². The van der Waals surface area contributed by atoms with Crippen LogP contribution in [-0.4, -0.2) is 0 Å². The van der Waals surface area contributed by atoms with Crippen molar-refractivity contribution >= 4 is 0 Å². The number of nitriles is 1. The first kappa shape index (κ1) is 11.6. The lowest BCUT2D eigenvalue weighted by molar-refractivity contribution is 0.261. The van der Waals surface area contributed by atoms with Crippen LogP contribution in [0.3, 0.4) is 0 Å². The second-order valence-electron chi connectivity index (χ2n) is 4.74. The van der Waals surface area contributed by atoms with Gasteiger partial charge in [0.05, 0.1) is 6.07 Å². The molecule has 0 spiro atoms. The van der Waals surface area contributed by atoms with Gasteiger partial charge >= 0.3 is 0 Å². The fourth-order valence-electron chi connectivity index (χ4n) is 2.54. The Morgan fingerprint density at radius 3 is 2.29 bits per heavy atom. The van der Waals surface area contributed by atoms with Gasteiger partial charge in [-0.05, 0) is 24.7 Å². The molecule has 0 unspecified atom stereocenters. The van der Waals surface area contributed by atoms with Gasteiger partial charge < -0.3 is 0 Å². The van der Waals surface area contributed by atoms with E-state index in [2.05, 4.69) is 13.0 Å². The molecule has 0 heterocycles. The lowest BCUT2D eigenvalue weighted by atomic mass is 9.79. The van der Waals surface area contributed by atoms with Crippen molar-refractivity contribution in [2.45, 2.75) is 64.7 Å². The summed E-state index contributed by atoms with van der Waals surface area (Å²) in [6, 6.07) is 2.30. The molecular formula is C13H23N. The molecule has 14 heavy (non-hydrogen) atoms.